The summed E-state index contributed by atoms with van der Waals surface area (Å²) in [4.78, 5) is 10.3. The van der Waals surface area contributed by atoms with Crippen LogP contribution >= 0.6 is 27.5 Å². The molecule has 0 radical (unpaired) electrons. The van der Waals surface area contributed by atoms with Crippen LogP contribution in [0.4, 0.5) is 22.7 Å². The Hall–Kier alpha value is -1.99. The van der Waals surface area contributed by atoms with Crippen molar-refractivity contribution in [3.63, 3.8) is 0 Å². The predicted octanol–water partition coefficient (Wildman–Crippen LogP) is 12.1. The van der Waals surface area contributed by atoms with Gasteiger partial charge in [-0.05, 0) is 46.6 Å². The van der Waals surface area contributed by atoms with Gasteiger partial charge in [-0.1, -0.05) is 115 Å². The molecule has 2 rings (SSSR count). The number of hydrogen-bond donors (Lipinski definition) is 1. The number of rotatable bonds is 21. The molecule has 0 aliphatic carbocycles. The molecule has 2 aromatic rings. The lowest BCUT2D eigenvalue weighted by atomic mass is 10.0. The van der Waals surface area contributed by atoms with Gasteiger partial charge < -0.3 is 5.32 Å². The number of nitrogens with zero attached hydrogens (tertiary/aromatic N) is 3. The summed E-state index contributed by atoms with van der Waals surface area (Å²) < 4.78 is 0.741. The Balaban J connectivity index is 1.53. The minimum absolute atomic E-state index is 0.0166. The van der Waals surface area contributed by atoms with Gasteiger partial charge in [0.1, 0.15) is 5.69 Å². The van der Waals surface area contributed by atoms with Crippen LogP contribution < -0.4 is 5.32 Å². The second-order valence-electron chi connectivity index (χ2n) is 9.99. The summed E-state index contributed by atoms with van der Waals surface area (Å²) in [6.45, 7) is 3.19. The summed E-state index contributed by atoms with van der Waals surface area (Å²) in [6.07, 6.45) is 21.9. The fourth-order valence-corrected chi connectivity index (χ4v) is 5.33. The molecular weight excluding hydrogens is 564 g/mol. The highest BCUT2D eigenvalue weighted by molar-refractivity contribution is 9.10. The van der Waals surface area contributed by atoms with E-state index in [1.165, 1.54) is 108 Å². The Kier molecular flexibility index (Phi) is 17.0. The van der Waals surface area contributed by atoms with Gasteiger partial charge in [0.2, 0.25) is 0 Å². The quantitative estimate of drug-likeness (QED) is 0.0663. The zero-order valence-electron chi connectivity index (χ0n) is 22.9. The molecule has 210 valence electrons. The number of anilines is 1. The van der Waals surface area contributed by atoms with Gasteiger partial charge in [0.15, 0.2) is 0 Å². The molecule has 1 N–H and O–H groups in total. The van der Waals surface area contributed by atoms with E-state index >= 15 is 0 Å². The van der Waals surface area contributed by atoms with Crippen molar-refractivity contribution in [1.82, 2.24) is 0 Å². The summed E-state index contributed by atoms with van der Waals surface area (Å²) in [7, 11) is 0. The molecule has 0 bridgehead atoms. The van der Waals surface area contributed by atoms with Crippen LogP contribution in [0.1, 0.15) is 110 Å². The van der Waals surface area contributed by atoms with Crippen molar-refractivity contribution in [1.29, 1.82) is 0 Å². The predicted molar refractivity (Wildman–Crippen MR) is 164 cm³/mol. The molecule has 0 aliphatic heterocycles. The van der Waals surface area contributed by atoms with E-state index in [0.717, 1.165) is 23.1 Å². The summed E-state index contributed by atoms with van der Waals surface area (Å²) in [5.41, 5.74) is 2.00. The lowest BCUT2D eigenvalue weighted by Gasteiger charge is -2.09. The van der Waals surface area contributed by atoms with Crippen LogP contribution in [-0.2, 0) is 0 Å². The van der Waals surface area contributed by atoms with E-state index in [1.54, 1.807) is 12.1 Å². The largest absolute Gasteiger partial charge is 0.385 e. The molecule has 38 heavy (non-hydrogen) atoms. The topological polar surface area (TPSA) is 79.9 Å². The van der Waals surface area contributed by atoms with E-state index in [-0.39, 0.29) is 5.69 Å². The van der Waals surface area contributed by atoms with Crippen molar-refractivity contribution in [3.05, 3.63) is 56.0 Å². The highest BCUT2D eigenvalue weighted by Crippen LogP contribution is 2.37. The van der Waals surface area contributed by atoms with Crippen LogP contribution in [0.25, 0.3) is 0 Å². The molecule has 0 fully saturated rings. The maximum Gasteiger partial charge on any atom is 0.269 e. The molecule has 0 aromatic heterocycles. The first-order valence-electron chi connectivity index (χ1n) is 14.4. The molecule has 0 saturated carbocycles. The van der Waals surface area contributed by atoms with Gasteiger partial charge in [0.25, 0.3) is 5.69 Å². The second-order valence-corrected chi connectivity index (χ2v) is 11.3. The van der Waals surface area contributed by atoms with Gasteiger partial charge in [-0.25, -0.2) is 0 Å². The molecule has 0 amide bonds. The third kappa shape index (κ3) is 13.7. The molecule has 0 atom stereocenters. The van der Waals surface area contributed by atoms with E-state index in [1.807, 2.05) is 12.1 Å². The summed E-state index contributed by atoms with van der Waals surface area (Å²) >= 11 is 9.96. The van der Waals surface area contributed by atoms with E-state index < -0.39 is 4.92 Å². The smallest absolute Gasteiger partial charge is 0.269 e. The van der Waals surface area contributed by atoms with Gasteiger partial charge >= 0.3 is 0 Å². The number of hydrogen-bond acceptors (Lipinski definition) is 5. The number of nitrogens with one attached hydrogen (secondary N) is 1. The highest BCUT2D eigenvalue weighted by Gasteiger charge is 2.08. The van der Waals surface area contributed by atoms with Crippen LogP contribution in [0.3, 0.4) is 0 Å². The average molecular weight is 608 g/mol. The lowest BCUT2D eigenvalue weighted by molar-refractivity contribution is -0.384. The van der Waals surface area contributed by atoms with Crippen LogP contribution in [0.5, 0.6) is 0 Å². The maximum absolute atomic E-state index is 10.8. The number of nitro groups is 1. The molecule has 0 unspecified atom stereocenters. The summed E-state index contributed by atoms with van der Waals surface area (Å²) in [5, 5.41) is 23.1. The van der Waals surface area contributed by atoms with Crippen LogP contribution in [0, 0.1) is 10.1 Å². The van der Waals surface area contributed by atoms with Crippen molar-refractivity contribution in [3.8, 4) is 0 Å². The number of nitro benzene ring substituents is 1. The highest BCUT2D eigenvalue weighted by atomic mass is 79.9. The van der Waals surface area contributed by atoms with E-state index in [9.17, 15) is 10.1 Å². The second kappa shape index (κ2) is 20.0. The maximum atomic E-state index is 10.8. The standard InChI is InChI=1S/C30H44BrClN4O2/c1-2-3-4-5-6-7-8-9-10-11-12-13-14-15-16-17-22-33-26-23-28(31)30(29(32)24-26)35-34-25-18-20-27(21-19-25)36(37)38/h18-21,23-24,33H,2-17,22H2,1H3. The van der Waals surface area contributed by atoms with Crippen LogP contribution in [-0.4, -0.2) is 11.5 Å². The zero-order chi connectivity index (χ0) is 27.4. The minimum Gasteiger partial charge on any atom is -0.385 e. The normalized spacial score (nSPS) is 11.3. The zero-order valence-corrected chi connectivity index (χ0v) is 25.2. The first-order valence-corrected chi connectivity index (χ1v) is 15.6. The van der Waals surface area contributed by atoms with Crippen LogP contribution in [0.2, 0.25) is 5.02 Å². The molecule has 0 heterocycles. The fraction of sp³-hybridized carbons (Fsp3) is 0.600. The SMILES string of the molecule is CCCCCCCCCCCCCCCCCCNc1cc(Cl)c(N=Nc2ccc([N+](=O)[O-])cc2)c(Br)c1. The van der Waals surface area contributed by atoms with Gasteiger partial charge in [0, 0.05) is 28.8 Å². The summed E-state index contributed by atoms with van der Waals surface area (Å²) in [6, 6.07) is 9.70. The van der Waals surface area contributed by atoms with Crippen molar-refractivity contribution in [2.45, 2.75) is 110 Å². The number of non-ortho nitro benzene ring substituents is 1. The summed E-state index contributed by atoms with van der Waals surface area (Å²) in [5.74, 6) is 0. The molecule has 2 aromatic carbocycles. The van der Waals surface area contributed by atoms with E-state index in [0.29, 0.717) is 16.4 Å². The molecule has 8 heteroatoms. The average Bonchev–Trinajstić information content (AvgIpc) is 2.90. The minimum atomic E-state index is -0.444. The van der Waals surface area contributed by atoms with Crippen molar-refractivity contribution in [2.75, 3.05) is 11.9 Å². The molecule has 0 aliphatic rings. The Morgan fingerprint density at radius 3 is 1.76 bits per heavy atom. The van der Waals surface area contributed by atoms with Crippen LogP contribution in [0.15, 0.2) is 51.1 Å². The Morgan fingerprint density at radius 1 is 0.789 bits per heavy atom. The Labute approximate surface area is 242 Å². The molecule has 6 nitrogen and oxygen atoms in total. The van der Waals surface area contributed by atoms with Gasteiger partial charge in [0.05, 0.1) is 15.6 Å². The Morgan fingerprint density at radius 2 is 1.29 bits per heavy atom. The van der Waals surface area contributed by atoms with E-state index in [4.69, 9.17) is 11.6 Å². The molecular formula is C30H44BrClN4O2. The first kappa shape index (κ1) is 32.2. The third-order valence-corrected chi connectivity index (χ3v) is 7.59. The number of azo groups is 1. The first-order chi connectivity index (χ1) is 18.5. The lowest BCUT2D eigenvalue weighted by Crippen LogP contribution is -2.01. The third-order valence-electron chi connectivity index (χ3n) is 6.70. The van der Waals surface area contributed by atoms with Crippen molar-refractivity contribution < 1.29 is 4.92 Å². The van der Waals surface area contributed by atoms with Gasteiger partial charge in [-0.3, -0.25) is 10.1 Å². The number of halogens is 2. The van der Waals surface area contributed by atoms with Crippen molar-refractivity contribution >= 4 is 50.3 Å². The number of benzene rings is 2. The fourth-order valence-electron chi connectivity index (χ4n) is 4.42. The van der Waals surface area contributed by atoms with E-state index in [2.05, 4.69) is 38.4 Å². The molecule has 0 spiro atoms. The van der Waals surface area contributed by atoms with Crippen molar-refractivity contribution in [2.24, 2.45) is 10.2 Å². The Bertz CT molecular complexity index is 946. The molecule has 0 saturated heterocycles. The number of unbranched alkanes of at least 4 members (excludes halogenated alkanes) is 15. The van der Waals surface area contributed by atoms with Gasteiger partial charge in [-0.2, -0.15) is 5.11 Å². The van der Waals surface area contributed by atoms with Gasteiger partial charge in [-0.15, -0.1) is 5.11 Å². The monoisotopic (exact) mass is 606 g/mol.